The smallest absolute Gasteiger partial charge is 0.480 e. The summed E-state index contributed by atoms with van der Waals surface area (Å²) in [6.45, 7) is -1.07. The Morgan fingerprint density at radius 1 is 1.29 bits per heavy atom. The van der Waals surface area contributed by atoms with E-state index in [0.717, 1.165) is 6.07 Å². The second kappa shape index (κ2) is 7.99. The number of alkyl halides is 3. The third-order valence-electron chi connectivity index (χ3n) is 6.41. The first-order valence-corrected chi connectivity index (χ1v) is 10.8. The van der Waals surface area contributed by atoms with Crippen LogP contribution >= 0.6 is 11.6 Å². The number of hydrogen-bond acceptors (Lipinski definition) is 7. The van der Waals surface area contributed by atoms with E-state index in [-0.39, 0.29) is 35.3 Å². The van der Waals surface area contributed by atoms with Gasteiger partial charge >= 0.3 is 12.4 Å². The number of hydrogen-bond donors (Lipinski definition) is 2. The SMILES string of the molecule is O=C(NC12CC(c3cnc(OCCOC(F)(F)F)o3)(C1)C2)[C@H]1C[C@@H](O)c2cc(Cl)c(F)cc2O1. The topological polar surface area (TPSA) is 103 Å². The van der Waals surface area contributed by atoms with Crippen molar-refractivity contribution in [2.75, 3.05) is 13.2 Å². The van der Waals surface area contributed by atoms with Crippen molar-refractivity contribution in [3.05, 3.63) is 40.5 Å². The van der Waals surface area contributed by atoms with E-state index in [0.29, 0.717) is 30.6 Å². The van der Waals surface area contributed by atoms with E-state index < -0.39 is 42.4 Å². The minimum Gasteiger partial charge on any atom is -0.480 e. The van der Waals surface area contributed by atoms with Gasteiger partial charge in [0.2, 0.25) is 0 Å². The molecular formula is C21H19ClF4N2O6. The average Bonchev–Trinajstić information content (AvgIpc) is 3.16. The Morgan fingerprint density at radius 2 is 2.03 bits per heavy atom. The molecule has 2 aromatic rings. The molecule has 2 heterocycles. The summed E-state index contributed by atoms with van der Waals surface area (Å²) in [6.07, 6.45) is -3.70. The summed E-state index contributed by atoms with van der Waals surface area (Å²) < 4.78 is 69.5. The number of carbonyl (C=O) groups excluding carboxylic acids is 1. The largest absolute Gasteiger partial charge is 0.522 e. The minimum absolute atomic E-state index is 0.00285. The highest BCUT2D eigenvalue weighted by Gasteiger charge is 2.71. The predicted molar refractivity (Wildman–Crippen MR) is 106 cm³/mol. The van der Waals surface area contributed by atoms with Crippen LogP contribution in [0.5, 0.6) is 11.8 Å². The van der Waals surface area contributed by atoms with Crippen LogP contribution in [-0.4, -0.2) is 47.2 Å². The Kier molecular flexibility index (Phi) is 5.45. The highest BCUT2D eigenvalue weighted by molar-refractivity contribution is 6.30. The highest BCUT2D eigenvalue weighted by Crippen LogP contribution is 2.68. The van der Waals surface area contributed by atoms with Crippen molar-refractivity contribution in [2.45, 2.75) is 55.2 Å². The van der Waals surface area contributed by atoms with E-state index in [2.05, 4.69) is 15.0 Å². The zero-order chi connectivity index (χ0) is 24.3. The van der Waals surface area contributed by atoms with Crippen molar-refractivity contribution in [3.8, 4) is 11.8 Å². The number of ether oxygens (including phenoxy) is 3. The number of nitrogens with one attached hydrogen (secondary N) is 1. The molecule has 0 unspecified atom stereocenters. The lowest BCUT2D eigenvalue weighted by atomic mass is 9.38. The molecular weight excluding hydrogens is 488 g/mol. The fourth-order valence-corrected chi connectivity index (χ4v) is 5.15. The van der Waals surface area contributed by atoms with E-state index in [9.17, 15) is 27.5 Å². The van der Waals surface area contributed by atoms with Crippen LogP contribution in [0.25, 0.3) is 0 Å². The molecule has 4 aliphatic rings. The Morgan fingerprint density at radius 3 is 2.74 bits per heavy atom. The number of nitrogens with zero attached hydrogens (tertiary/aromatic N) is 1. The summed E-state index contributed by atoms with van der Waals surface area (Å²) in [4.78, 5) is 16.7. The Hall–Kier alpha value is -2.57. The fourth-order valence-electron chi connectivity index (χ4n) is 4.98. The summed E-state index contributed by atoms with van der Waals surface area (Å²) in [5, 5.41) is 13.2. The van der Waals surface area contributed by atoms with Crippen molar-refractivity contribution < 1.29 is 46.1 Å². The first-order valence-electron chi connectivity index (χ1n) is 10.4. The van der Waals surface area contributed by atoms with Crippen molar-refractivity contribution >= 4 is 17.5 Å². The maximum absolute atomic E-state index is 13.8. The second-order valence-electron chi connectivity index (χ2n) is 8.88. The molecule has 6 rings (SSSR count). The molecule has 3 saturated carbocycles. The monoisotopic (exact) mass is 506 g/mol. The maximum Gasteiger partial charge on any atom is 0.522 e. The maximum atomic E-state index is 13.8. The van der Waals surface area contributed by atoms with Gasteiger partial charge in [-0.2, -0.15) is 4.98 Å². The fraction of sp³-hybridized carbons (Fsp3) is 0.524. The van der Waals surface area contributed by atoms with Gasteiger partial charge in [0.1, 0.15) is 23.9 Å². The van der Waals surface area contributed by atoms with Gasteiger partial charge in [0, 0.05) is 29.0 Å². The van der Waals surface area contributed by atoms with Gasteiger partial charge in [-0.1, -0.05) is 11.6 Å². The molecule has 2 N–H and O–H groups in total. The van der Waals surface area contributed by atoms with Crippen LogP contribution in [0.15, 0.2) is 22.7 Å². The zero-order valence-corrected chi connectivity index (χ0v) is 18.2. The minimum atomic E-state index is -4.73. The molecule has 3 aliphatic carbocycles. The van der Waals surface area contributed by atoms with Crippen molar-refractivity contribution in [2.24, 2.45) is 0 Å². The van der Waals surface area contributed by atoms with Gasteiger partial charge in [0.15, 0.2) is 6.10 Å². The van der Waals surface area contributed by atoms with E-state index in [1.807, 2.05) is 0 Å². The Balaban J connectivity index is 1.13. The van der Waals surface area contributed by atoms with Crippen molar-refractivity contribution in [3.63, 3.8) is 0 Å². The van der Waals surface area contributed by atoms with Gasteiger partial charge in [-0.05, 0) is 25.3 Å². The number of aliphatic hydroxyl groups is 1. The van der Waals surface area contributed by atoms with Crippen molar-refractivity contribution in [1.29, 1.82) is 0 Å². The standard InChI is InChI=1S/C21H19ClF4N2O6/c22-11-3-10-13(29)5-15(33-14(10)4-12(11)23)17(30)28-20-7-19(8-20,9-20)16-6-27-18(34-16)31-1-2-32-21(24,25)26/h3-4,6,13,15,29H,1-2,5,7-9H2,(H,28,30)/t13-,15-,19?,20?/m1/s1. The lowest BCUT2D eigenvalue weighted by molar-refractivity contribution is -0.325. The molecule has 3 fully saturated rings. The van der Waals surface area contributed by atoms with Gasteiger partial charge in [-0.25, -0.2) is 4.39 Å². The molecule has 34 heavy (non-hydrogen) atoms. The van der Waals surface area contributed by atoms with Gasteiger partial charge in [0.05, 0.1) is 23.9 Å². The summed E-state index contributed by atoms with van der Waals surface area (Å²) in [6, 6.07) is 2.34. The third-order valence-corrected chi connectivity index (χ3v) is 6.70. The number of fused-ring (bicyclic) bond motifs is 1. The second-order valence-corrected chi connectivity index (χ2v) is 9.28. The van der Waals surface area contributed by atoms with E-state index in [1.165, 1.54) is 12.3 Å². The van der Waals surface area contributed by atoms with Crippen molar-refractivity contribution in [1.82, 2.24) is 10.3 Å². The van der Waals surface area contributed by atoms with E-state index in [1.54, 1.807) is 0 Å². The number of carbonyl (C=O) groups is 1. The number of aromatic nitrogens is 1. The van der Waals surface area contributed by atoms with Crippen LogP contribution in [-0.2, 0) is 14.9 Å². The molecule has 8 nitrogen and oxygen atoms in total. The van der Waals surface area contributed by atoms with Gasteiger partial charge < -0.3 is 24.3 Å². The Bertz CT molecular complexity index is 1100. The number of rotatable bonds is 7. The molecule has 0 radical (unpaired) electrons. The molecule has 0 spiro atoms. The Labute approximate surface area is 195 Å². The molecule has 2 bridgehead atoms. The van der Waals surface area contributed by atoms with Crippen LogP contribution in [0.3, 0.4) is 0 Å². The van der Waals surface area contributed by atoms with Gasteiger partial charge in [-0.3, -0.25) is 9.53 Å². The highest BCUT2D eigenvalue weighted by atomic mass is 35.5. The summed E-state index contributed by atoms with van der Waals surface area (Å²) in [5.41, 5.74) is -0.456. The lowest BCUT2D eigenvalue weighted by Gasteiger charge is -2.69. The molecule has 184 valence electrons. The predicted octanol–water partition coefficient (Wildman–Crippen LogP) is 3.56. The summed E-state index contributed by atoms with van der Waals surface area (Å²) >= 11 is 5.75. The van der Waals surface area contributed by atoms with Crippen LogP contribution in [0, 0.1) is 5.82 Å². The van der Waals surface area contributed by atoms with Crippen LogP contribution in [0.2, 0.25) is 5.02 Å². The molecule has 13 heteroatoms. The molecule has 1 aliphatic heterocycles. The first-order chi connectivity index (χ1) is 16.0. The number of halogens is 5. The molecule has 1 amide bonds. The van der Waals surface area contributed by atoms with Gasteiger partial charge in [-0.15, -0.1) is 13.2 Å². The van der Waals surface area contributed by atoms with Gasteiger partial charge in [0.25, 0.3) is 5.91 Å². The number of oxazole rings is 1. The lowest BCUT2D eigenvalue weighted by Crippen LogP contribution is -2.77. The number of benzene rings is 1. The first kappa shape index (κ1) is 23.2. The van der Waals surface area contributed by atoms with Crippen LogP contribution in [0.1, 0.15) is 43.1 Å². The number of aliphatic hydroxyl groups excluding tert-OH is 1. The number of amides is 1. The van der Waals surface area contributed by atoms with E-state index in [4.69, 9.17) is 25.5 Å². The third kappa shape index (κ3) is 4.18. The quantitative estimate of drug-likeness (QED) is 0.437. The zero-order valence-electron chi connectivity index (χ0n) is 17.5. The molecule has 2 atom stereocenters. The average molecular weight is 507 g/mol. The van der Waals surface area contributed by atoms with E-state index >= 15 is 0 Å². The normalized spacial score (nSPS) is 29.4. The molecule has 1 aromatic heterocycles. The van der Waals surface area contributed by atoms with Crippen LogP contribution < -0.4 is 14.8 Å². The summed E-state index contributed by atoms with van der Waals surface area (Å²) in [5.74, 6) is -0.524. The molecule has 1 aromatic carbocycles. The molecule has 0 saturated heterocycles. The van der Waals surface area contributed by atoms with Crippen LogP contribution in [0.4, 0.5) is 17.6 Å². The summed E-state index contributed by atoms with van der Waals surface area (Å²) in [7, 11) is 0.